The van der Waals surface area contributed by atoms with E-state index >= 15 is 0 Å². The number of aromatic nitrogens is 1. The van der Waals surface area contributed by atoms with Crippen LogP contribution in [-0.4, -0.2) is 39.6 Å². The molecule has 1 aliphatic heterocycles. The highest BCUT2D eigenvalue weighted by Gasteiger charge is 2.33. The Morgan fingerprint density at radius 2 is 2.53 bits per heavy atom. The molecule has 0 aromatic carbocycles. The van der Waals surface area contributed by atoms with E-state index in [-0.39, 0.29) is 23.5 Å². The molecular formula is C10H14N4O3. The van der Waals surface area contributed by atoms with E-state index in [2.05, 4.69) is 10.3 Å². The number of oxime groups is 1. The van der Waals surface area contributed by atoms with Crippen molar-refractivity contribution in [2.75, 3.05) is 6.54 Å². The van der Waals surface area contributed by atoms with Crippen molar-refractivity contribution in [3.63, 3.8) is 0 Å². The lowest BCUT2D eigenvalue weighted by Gasteiger charge is -2.22. The van der Waals surface area contributed by atoms with Crippen LogP contribution in [0.4, 0.5) is 0 Å². The second kappa shape index (κ2) is 4.44. The van der Waals surface area contributed by atoms with Gasteiger partial charge in [0, 0.05) is 12.6 Å². The summed E-state index contributed by atoms with van der Waals surface area (Å²) in [5.41, 5.74) is 5.80. The molecule has 1 aliphatic rings. The minimum absolute atomic E-state index is 0.0519. The minimum atomic E-state index is -0.357. The number of carbonyl (C=O) groups is 1. The molecule has 1 fully saturated rings. The first-order chi connectivity index (χ1) is 8.13. The molecule has 0 radical (unpaired) electrons. The summed E-state index contributed by atoms with van der Waals surface area (Å²) in [7, 11) is 0. The van der Waals surface area contributed by atoms with Crippen molar-refractivity contribution in [3.05, 3.63) is 17.5 Å². The Labute approximate surface area is 97.9 Å². The van der Waals surface area contributed by atoms with Gasteiger partial charge in [0.25, 0.3) is 5.91 Å². The summed E-state index contributed by atoms with van der Waals surface area (Å²) < 4.78 is 4.86. The molecule has 2 rings (SSSR count). The van der Waals surface area contributed by atoms with Gasteiger partial charge in [0.1, 0.15) is 5.76 Å². The van der Waals surface area contributed by atoms with E-state index in [1.54, 1.807) is 17.9 Å². The van der Waals surface area contributed by atoms with E-state index in [1.807, 2.05) is 0 Å². The molecule has 1 aromatic rings. The van der Waals surface area contributed by atoms with Gasteiger partial charge in [-0.15, -0.1) is 0 Å². The minimum Gasteiger partial charge on any atom is -0.409 e. The van der Waals surface area contributed by atoms with Gasteiger partial charge >= 0.3 is 0 Å². The highest BCUT2D eigenvalue weighted by Crippen LogP contribution is 2.20. The largest absolute Gasteiger partial charge is 0.409 e. The zero-order valence-corrected chi connectivity index (χ0v) is 9.46. The zero-order valence-electron chi connectivity index (χ0n) is 9.46. The highest BCUT2D eigenvalue weighted by atomic mass is 16.5. The normalized spacial score (nSPS) is 20.9. The Balaban J connectivity index is 2.19. The molecule has 1 amide bonds. The average molecular weight is 238 g/mol. The number of hydrogen-bond donors (Lipinski definition) is 2. The summed E-state index contributed by atoms with van der Waals surface area (Å²) in [6, 6.07) is 1.22. The first-order valence-electron chi connectivity index (χ1n) is 5.35. The number of aryl methyl sites for hydroxylation is 1. The predicted molar refractivity (Wildman–Crippen MR) is 58.7 cm³/mol. The summed E-state index contributed by atoms with van der Waals surface area (Å²) in [6.45, 7) is 2.29. The lowest BCUT2D eigenvalue weighted by molar-refractivity contribution is 0.0757. The topological polar surface area (TPSA) is 105 Å². The molecule has 7 nitrogen and oxygen atoms in total. The monoisotopic (exact) mass is 238 g/mol. The number of amides is 1. The van der Waals surface area contributed by atoms with E-state index in [9.17, 15) is 4.79 Å². The maximum absolute atomic E-state index is 12.1. The Hall–Kier alpha value is -2.05. The molecule has 1 saturated heterocycles. The van der Waals surface area contributed by atoms with Gasteiger partial charge in [-0.2, -0.15) is 0 Å². The van der Waals surface area contributed by atoms with Crippen molar-refractivity contribution >= 4 is 11.7 Å². The van der Waals surface area contributed by atoms with Crippen LogP contribution in [0.3, 0.4) is 0 Å². The van der Waals surface area contributed by atoms with Crippen LogP contribution in [0.1, 0.15) is 29.1 Å². The molecule has 0 saturated carbocycles. The standard InChI is InChI=1S/C10H14N4O3/c1-6-5-7(13-17-6)10(15)14-4-2-3-8(14)9(11)12-16/h5,8,16H,2-4H2,1H3,(H2,11,12). The van der Waals surface area contributed by atoms with E-state index in [0.29, 0.717) is 18.7 Å². The molecule has 0 spiro atoms. The van der Waals surface area contributed by atoms with Crippen LogP contribution in [0, 0.1) is 6.92 Å². The molecule has 92 valence electrons. The van der Waals surface area contributed by atoms with E-state index in [1.165, 1.54) is 0 Å². The zero-order chi connectivity index (χ0) is 12.4. The number of hydrogen-bond acceptors (Lipinski definition) is 5. The summed E-state index contributed by atoms with van der Waals surface area (Å²) in [6.07, 6.45) is 1.52. The Kier molecular flexibility index (Phi) is 2.99. The Morgan fingerprint density at radius 3 is 3.12 bits per heavy atom. The fraction of sp³-hybridized carbons (Fsp3) is 0.500. The molecule has 0 aliphatic carbocycles. The quantitative estimate of drug-likeness (QED) is 0.334. The van der Waals surface area contributed by atoms with Crippen LogP contribution in [0.5, 0.6) is 0 Å². The average Bonchev–Trinajstić information content (AvgIpc) is 2.95. The van der Waals surface area contributed by atoms with Crippen molar-refractivity contribution in [1.82, 2.24) is 10.1 Å². The third-order valence-corrected chi connectivity index (χ3v) is 2.82. The molecule has 1 atom stereocenters. The second-order valence-electron chi connectivity index (χ2n) is 4.00. The molecule has 1 aromatic heterocycles. The number of rotatable bonds is 2. The number of nitrogens with two attached hydrogens (primary N) is 1. The smallest absolute Gasteiger partial charge is 0.276 e. The Morgan fingerprint density at radius 1 is 1.76 bits per heavy atom. The van der Waals surface area contributed by atoms with Gasteiger partial charge in [-0.1, -0.05) is 10.3 Å². The van der Waals surface area contributed by atoms with Gasteiger partial charge in [-0.3, -0.25) is 4.79 Å². The van der Waals surface area contributed by atoms with Crippen LogP contribution in [0.15, 0.2) is 15.7 Å². The Bertz CT molecular complexity index is 454. The summed E-state index contributed by atoms with van der Waals surface area (Å²) in [4.78, 5) is 13.7. The van der Waals surface area contributed by atoms with Gasteiger partial charge in [0.15, 0.2) is 11.5 Å². The molecule has 2 heterocycles. The molecule has 1 unspecified atom stereocenters. The van der Waals surface area contributed by atoms with Crippen molar-refractivity contribution in [3.8, 4) is 0 Å². The molecule has 7 heteroatoms. The van der Waals surface area contributed by atoms with E-state index < -0.39 is 0 Å². The fourth-order valence-electron chi connectivity index (χ4n) is 2.00. The summed E-state index contributed by atoms with van der Waals surface area (Å²) in [5.74, 6) is 0.375. The van der Waals surface area contributed by atoms with Crippen LogP contribution < -0.4 is 5.73 Å². The number of nitrogens with zero attached hydrogens (tertiary/aromatic N) is 3. The maximum Gasteiger partial charge on any atom is 0.276 e. The molecule has 0 bridgehead atoms. The van der Waals surface area contributed by atoms with Gasteiger partial charge < -0.3 is 20.4 Å². The SMILES string of the molecule is Cc1cc(C(=O)N2CCCC2C(N)=NO)no1. The fourth-order valence-corrected chi connectivity index (χ4v) is 2.00. The van der Waals surface area contributed by atoms with Crippen LogP contribution in [0.2, 0.25) is 0 Å². The first-order valence-corrected chi connectivity index (χ1v) is 5.35. The lowest BCUT2D eigenvalue weighted by atomic mass is 10.2. The molecule has 17 heavy (non-hydrogen) atoms. The number of likely N-dealkylation sites (tertiary alicyclic amines) is 1. The van der Waals surface area contributed by atoms with Crippen molar-refractivity contribution in [2.45, 2.75) is 25.8 Å². The predicted octanol–water partition coefficient (Wildman–Crippen LogP) is 0.334. The van der Waals surface area contributed by atoms with Gasteiger partial charge in [-0.05, 0) is 19.8 Å². The van der Waals surface area contributed by atoms with E-state index in [4.69, 9.17) is 15.5 Å². The third-order valence-electron chi connectivity index (χ3n) is 2.82. The lowest BCUT2D eigenvalue weighted by Crippen LogP contribution is -2.44. The van der Waals surface area contributed by atoms with Gasteiger partial charge in [0.05, 0.1) is 6.04 Å². The molecular weight excluding hydrogens is 224 g/mol. The second-order valence-corrected chi connectivity index (χ2v) is 4.00. The van der Waals surface area contributed by atoms with Crippen LogP contribution in [0.25, 0.3) is 0 Å². The summed E-state index contributed by atoms with van der Waals surface area (Å²) in [5, 5.41) is 15.3. The van der Waals surface area contributed by atoms with Crippen molar-refractivity contribution in [2.24, 2.45) is 10.9 Å². The maximum atomic E-state index is 12.1. The van der Waals surface area contributed by atoms with Gasteiger partial charge in [0.2, 0.25) is 0 Å². The summed E-state index contributed by atoms with van der Waals surface area (Å²) >= 11 is 0. The first kappa shape index (κ1) is 11.4. The van der Waals surface area contributed by atoms with Gasteiger partial charge in [-0.25, -0.2) is 0 Å². The van der Waals surface area contributed by atoms with Crippen molar-refractivity contribution in [1.29, 1.82) is 0 Å². The third kappa shape index (κ3) is 2.08. The van der Waals surface area contributed by atoms with Crippen LogP contribution in [-0.2, 0) is 0 Å². The van der Waals surface area contributed by atoms with Crippen molar-refractivity contribution < 1.29 is 14.5 Å². The van der Waals surface area contributed by atoms with Crippen LogP contribution >= 0.6 is 0 Å². The highest BCUT2D eigenvalue weighted by molar-refractivity contribution is 5.97. The molecule has 3 N–H and O–H groups in total. The number of carbonyl (C=O) groups excluding carboxylic acids is 1. The van der Waals surface area contributed by atoms with E-state index in [0.717, 1.165) is 6.42 Å². The number of amidine groups is 1.